The highest BCUT2D eigenvalue weighted by atomic mass is 16.5. The van der Waals surface area contributed by atoms with E-state index in [1.54, 1.807) is 36.0 Å². The summed E-state index contributed by atoms with van der Waals surface area (Å²) >= 11 is 0. The van der Waals surface area contributed by atoms with E-state index in [-0.39, 0.29) is 17.7 Å². The van der Waals surface area contributed by atoms with Crippen LogP contribution in [0.2, 0.25) is 0 Å². The van der Waals surface area contributed by atoms with Gasteiger partial charge in [0, 0.05) is 23.7 Å². The van der Waals surface area contributed by atoms with Crippen molar-refractivity contribution in [2.24, 2.45) is 5.92 Å². The van der Waals surface area contributed by atoms with E-state index in [0.29, 0.717) is 16.9 Å². The Bertz CT molecular complexity index is 1240. The maximum Gasteiger partial charge on any atom is 0.337 e. The maximum atomic E-state index is 12.1. The quantitative estimate of drug-likeness (QED) is 0.317. The third kappa shape index (κ3) is 5.63. The molecule has 4 rings (SSSR count). The number of fused-ring (bicyclic) bond motifs is 1. The molecular formula is C26H27N3O4. The number of benzene rings is 2. The van der Waals surface area contributed by atoms with Crippen LogP contribution >= 0.6 is 0 Å². The molecule has 0 bridgehead atoms. The van der Waals surface area contributed by atoms with Crippen molar-refractivity contribution in [3.63, 3.8) is 0 Å². The van der Waals surface area contributed by atoms with Gasteiger partial charge in [-0.05, 0) is 49.4 Å². The van der Waals surface area contributed by atoms with Crippen LogP contribution < -0.4 is 4.74 Å². The minimum absolute atomic E-state index is 0.0196. The number of aryl methyl sites for hydroxylation is 1. The number of esters is 1. The summed E-state index contributed by atoms with van der Waals surface area (Å²) in [4.78, 5) is 27.3. The average molecular weight is 446 g/mol. The van der Waals surface area contributed by atoms with Gasteiger partial charge in [-0.2, -0.15) is 5.10 Å². The van der Waals surface area contributed by atoms with E-state index in [1.165, 1.54) is 7.11 Å². The zero-order chi connectivity index (χ0) is 24.0. The molecule has 7 heteroatoms. The van der Waals surface area contributed by atoms with Gasteiger partial charge in [-0.25, -0.2) is 14.3 Å². The van der Waals surface area contributed by atoms with Crippen LogP contribution in [-0.4, -0.2) is 40.6 Å². The fourth-order valence-corrected chi connectivity index (χ4v) is 3.10. The van der Waals surface area contributed by atoms with Gasteiger partial charge < -0.3 is 9.47 Å². The molecule has 0 amide bonds. The zero-order valence-electron chi connectivity index (χ0n) is 19.4. The molecule has 0 aliphatic rings. The van der Waals surface area contributed by atoms with Crippen molar-refractivity contribution in [3.05, 3.63) is 83.7 Å². The summed E-state index contributed by atoms with van der Waals surface area (Å²) in [6.07, 6.45) is 1.72. The van der Waals surface area contributed by atoms with Crippen LogP contribution in [0.15, 0.2) is 66.9 Å². The summed E-state index contributed by atoms with van der Waals surface area (Å²) in [5.74, 6) is 0.440. The number of carbonyl (C=O) groups excluding carboxylic acids is 2. The van der Waals surface area contributed by atoms with E-state index in [9.17, 15) is 9.59 Å². The number of hydrogen-bond donors (Lipinski definition) is 0. The lowest BCUT2D eigenvalue weighted by Crippen LogP contribution is -2.08. The Balaban J connectivity index is 0.000000235. The second-order valence-corrected chi connectivity index (χ2v) is 7.73. The van der Waals surface area contributed by atoms with Crippen LogP contribution in [0.3, 0.4) is 0 Å². The second kappa shape index (κ2) is 10.5. The van der Waals surface area contributed by atoms with E-state index < -0.39 is 0 Å². The molecule has 2 aromatic carbocycles. The van der Waals surface area contributed by atoms with E-state index in [2.05, 4.69) is 14.8 Å². The van der Waals surface area contributed by atoms with Crippen molar-refractivity contribution in [2.45, 2.75) is 20.8 Å². The predicted molar refractivity (Wildman–Crippen MR) is 127 cm³/mol. The molecule has 0 unspecified atom stereocenters. The van der Waals surface area contributed by atoms with Gasteiger partial charge in [0.25, 0.3) is 0 Å². The van der Waals surface area contributed by atoms with Gasteiger partial charge in [-0.3, -0.25) is 4.79 Å². The molecule has 0 fully saturated rings. The number of hydrogen-bond acceptors (Lipinski definition) is 6. The van der Waals surface area contributed by atoms with Crippen molar-refractivity contribution in [1.82, 2.24) is 14.6 Å². The fourth-order valence-electron chi connectivity index (χ4n) is 3.10. The fraction of sp³-hybridized carbons (Fsp3) is 0.231. The molecule has 0 spiro atoms. The number of carbonyl (C=O) groups is 2. The van der Waals surface area contributed by atoms with Crippen molar-refractivity contribution in [3.8, 4) is 17.0 Å². The van der Waals surface area contributed by atoms with Gasteiger partial charge in [0.2, 0.25) is 0 Å². The topological polar surface area (TPSA) is 82.8 Å². The molecule has 0 saturated carbocycles. The van der Waals surface area contributed by atoms with E-state index >= 15 is 0 Å². The number of aromatic nitrogens is 3. The monoisotopic (exact) mass is 445 g/mol. The second-order valence-electron chi connectivity index (χ2n) is 7.73. The molecular weight excluding hydrogens is 418 g/mol. The Labute approximate surface area is 193 Å². The Kier molecular flexibility index (Phi) is 7.56. The van der Waals surface area contributed by atoms with Crippen molar-refractivity contribution >= 4 is 17.4 Å². The van der Waals surface area contributed by atoms with Gasteiger partial charge in [-0.1, -0.05) is 31.5 Å². The minimum Gasteiger partial charge on any atom is -0.497 e. The first kappa shape index (κ1) is 23.7. The Morgan fingerprint density at radius 2 is 1.61 bits per heavy atom. The molecule has 0 N–H and O–H groups in total. The highest BCUT2D eigenvalue weighted by Crippen LogP contribution is 2.23. The number of nitrogens with zero attached hydrogens (tertiary/aromatic N) is 3. The van der Waals surface area contributed by atoms with Crippen LogP contribution in [0, 0.1) is 12.8 Å². The smallest absolute Gasteiger partial charge is 0.337 e. The molecule has 33 heavy (non-hydrogen) atoms. The maximum absolute atomic E-state index is 12.1. The SMILES string of the molecule is COC(=O)c1ccc(C)cc1.COc1ccc(-c2ccnc3cc(C(=O)C(C)C)nn23)cc1. The highest BCUT2D eigenvalue weighted by molar-refractivity contribution is 5.96. The standard InChI is InChI=1S/C17H17N3O2.C9H10O2/c1-11(2)17(21)14-10-16-18-9-8-15(20(16)19-14)12-4-6-13(22-3)7-5-12;1-7-3-5-8(6-4-7)9(10)11-2/h4-11H,1-3H3;3-6H,1-2H3. The number of ketones is 1. The van der Waals surface area contributed by atoms with Gasteiger partial charge >= 0.3 is 5.97 Å². The molecule has 0 saturated heterocycles. The third-order valence-corrected chi connectivity index (χ3v) is 4.99. The number of ether oxygens (including phenoxy) is 2. The van der Waals surface area contributed by atoms with E-state index in [0.717, 1.165) is 22.6 Å². The van der Waals surface area contributed by atoms with Crippen molar-refractivity contribution in [1.29, 1.82) is 0 Å². The molecule has 170 valence electrons. The Morgan fingerprint density at radius 1 is 0.939 bits per heavy atom. The number of rotatable bonds is 5. The predicted octanol–water partition coefficient (Wildman–Crippen LogP) is 5.03. The van der Waals surface area contributed by atoms with E-state index in [1.807, 2.05) is 63.2 Å². The summed E-state index contributed by atoms with van der Waals surface area (Å²) in [6.45, 7) is 5.70. The lowest BCUT2D eigenvalue weighted by atomic mass is 10.1. The summed E-state index contributed by atoms with van der Waals surface area (Å²) in [7, 11) is 3.01. The van der Waals surface area contributed by atoms with Gasteiger partial charge in [0.05, 0.1) is 25.5 Å². The molecule has 2 aromatic heterocycles. The molecule has 4 aromatic rings. The molecule has 0 aliphatic carbocycles. The average Bonchev–Trinajstić information content (AvgIpc) is 3.28. The van der Waals surface area contributed by atoms with Gasteiger partial charge in [0.15, 0.2) is 11.4 Å². The van der Waals surface area contributed by atoms with Crippen molar-refractivity contribution < 1.29 is 19.1 Å². The van der Waals surface area contributed by atoms with Crippen LogP contribution in [0.5, 0.6) is 5.75 Å². The Hall–Kier alpha value is -4.00. The first-order chi connectivity index (χ1) is 15.8. The van der Waals surface area contributed by atoms with Crippen LogP contribution in [-0.2, 0) is 4.74 Å². The Morgan fingerprint density at radius 3 is 2.18 bits per heavy atom. The first-order valence-electron chi connectivity index (χ1n) is 10.5. The number of methoxy groups -OCH3 is 2. The highest BCUT2D eigenvalue weighted by Gasteiger charge is 2.16. The molecule has 2 heterocycles. The van der Waals surface area contributed by atoms with Gasteiger partial charge in [0.1, 0.15) is 11.4 Å². The summed E-state index contributed by atoms with van der Waals surface area (Å²) in [5, 5.41) is 4.43. The first-order valence-corrected chi connectivity index (χ1v) is 10.5. The molecule has 0 aliphatic heterocycles. The van der Waals surface area contributed by atoms with Crippen molar-refractivity contribution in [2.75, 3.05) is 14.2 Å². The molecule has 0 atom stereocenters. The van der Waals surface area contributed by atoms with Crippen LogP contribution in [0.1, 0.15) is 40.3 Å². The third-order valence-electron chi connectivity index (χ3n) is 4.99. The summed E-state index contributed by atoms with van der Waals surface area (Å²) in [5.41, 5.74) is 4.71. The summed E-state index contributed by atoms with van der Waals surface area (Å²) < 4.78 is 11.4. The minimum atomic E-state index is -0.287. The van der Waals surface area contributed by atoms with Crippen LogP contribution in [0.4, 0.5) is 0 Å². The lowest BCUT2D eigenvalue weighted by molar-refractivity contribution is 0.0600. The summed E-state index contributed by atoms with van der Waals surface area (Å²) in [6, 6.07) is 18.6. The normalized spacial score (nSPS) is 10.5. The largest absolute Gasteiger partial charge is 0.497 e. The van der Waals surface area contributed by atoms with Gasteiger partial charge in [-0.15, -0.1) is 0 Å². The molecule has 0 radical (unpaired) electrons. The molecule has 7 nitrogen and oxygen atoms in total. The zero-order valence-corrected chi connectivity index (χ0v) is 19.4. The lowest BCUT2D eigenvalue weighted by Gasteiger charge is -2.05. The van der Waals surface area contributed by atoms with E-state index in [4.69, 9.17) is 4.74 Å². The van der Waals surface area contributed by atoms with Crippen LogP contribution in [0.25, 0.3) is 16.9 Å². The number of Topliss-reactive ketones (excluding diaryl/α,β-unsaturated/α-hetero) is 1.